The van der Waals surface area contributed by atoms with Crippen LogP contribution < -0.4 is 5.73 Å². The second kappa shape index (κ2) is 5.15. The van der Waals surface area contributed by atoms with Gasteiger partial charge in [0.2, 0.25) is 0 Å². The van der Waals surface area contributed by atoms with E-state index in [1.807, 2.05) is 18.2 Å². The number of nitrogens with two attached hydrogens (primary N) is 1. The van der Waals surface area contributed by atoms with Crippen LogP contribution in [0.5, 0.6) is 0 Å². The lowest BCUT2D eigenvalue weighted by atomic mass is 9.94. The van der Waals surface area contributed by atoms with Crippen molar-refractivity contribution in [2.45, 2.75) is 25.3 Å². The molecular formula is C12H14Cl2N2O. The van der Waals surface area contributed by atoms with Gasteiger partial charge in [-0.1, -0.05) is 36.2 Å². The first kappa shape index (κ1) is 12.5. The number of rotatable bonds is 3. The Morgan fingerprint density at radius 3 is 2.82 bits per heavy atom. The van der Waals surface area contributed by atoms with Gasteiger partial charge in [-0.25, -0.2) is 4.99 Å². The Morgan fingerprint density at radius 2 is 2.24 bits per heavy atom. The van der Waals surface area contributed by atoms with E-state index in [1.165, 1.54) is 0 Å². The van der Waals surface area contributed by atoms with E-state index in [1.54, 1.807) is 0 Å². The molecule has 0 aromatic heterocycles. The van der Waals surface area contributed by atoms with Gasteiger partial charge in [0.1, 0.15) is 6.61 Å². The van der Waals surface area contributed by atoms with Crippen LogP contribution in [0, 0.1) is 0 Å². The predicted octanol–water partition coefficient (Wildman–Crippen LogP) is 3.20. The molecule has 1 aromatic carbocycles. The molecule has 0 amide bonds. The van der Waals surface area contributed by atoms with Crippen LogP contribution in [0.25, 0.3) is 0 Å². The quantitative estimate of drug-likeness (QED) is 0.919. The zero-order chi connectivity index (χ0) is 12.4. The van der Waals surface area contributed by atoms with Gasteiger partial charge in [0.05, 0.1) is 16.1 Å². The molecule has 2 N–H and O–H groups in total. The number of nitrogens with zero attached hydrogens (tertiary/aromatic N) is 1. The normalized spacial score (nSPS) is 20.9. The minimum atomic E-state index is 0.138. The number of aliphatic imine (C=N–C) groups is 1. The third kappa shape index (κ3) is 3.05. The summed E-state index contributed by atoms with van der Waals surface area (Å²) in [6.07, 6.45) is 0.888. The zero-order valence-electron chi connectivity index (χ0n) is 9.49. The summed E-state index contributed by atoms with van der Waals surface area (Å²) in [4.78, 5) is 4.21. The molecule has 0 spiro atoms. The summed E-state index contributed by atoms with van der Waals surface area (Å²) < 4.78 is 5.13. The molecule has 0 fully saturated rings. The Balaban J connectivity index is 2.04. The third-order valence-electron chi connectivity index (χ3n) is 2.87. The first-order chi connectivity index (χ1) is 8.06. The smallest absolute Gasteiger partial charge is 0.282 e. The number of hydrogen-bond acceptors (Lipinski definition) is 3. The molecule has 0 saturated heterocycles. The average molecular weight is 273 g/mol. The van der Waals surface area contributed by atoms with Crippen LogP contribution in [0.3, 0.4) is 0 Å². The van der Waals surface area contributed by atoms with Gasteiger partial charge in [0.15, 0.2) is 0 Å². The average Bonchev–Trinajstić information content (AvgIpc) is 2.68. The molecule has 0 bridgehead atoms. The van der Waals surface area contributed by atoms with Gasteiger partial charge in [-0.15, -0.1) is 0 Å². The maximum Gasteiger partial charge on any atom is 0.282 e. The highest BCUT2D eigenvalue weighted by Gasteiger charge is 2.20. The first-order valence-electron chi connectivity index (χ1n) is 5.47. The zero-order valence-corrected chi connectivity index (χ0v) is 11.0. The number of hydrogen-bond donors (Lipinski definition) is 1. The van der Waals surface area contributed by atoms with Gasteiger partial charge in [0, 0.05) is 0 Å². The Labute approximate surface area is 111 Å². The second-order valence-corrected chi connectivity index (χ2v) is 5.06. The maximum atomic E-state index is 5.99. The predicted molar refractivity (Wildman–Crippen MR) is 70.9 cm³/mol. The minimum absolute atomic E-state index is 0.138. The van der Waals surface area contributed by atoms with Crippen LogP contribution in [0.4, 0.5) is 0 Å². The van der Waals surface area contributed by atoms with Crippen molar-refractivity contribution in [3.63, 3.8) is 0 Å². The molecule has 1 aliphatic heterocycles. The summed E-state index contributed by atoms with van der Waals surface area (Å²) in [6, 6.07) is 6.13. The van der Waals surface area contributed by atoms with Gasteiger partial charge in [-0.2, -0.15) is 0 Å². The largest absolute Gasteiger partial charge is 0.463 e. The Kier molecular flexibility index (Phi) is 3.79. The van der Waals surface area contributed by atoms with Gasteiger partial charge in [-0.3, -0.25) is 0 Å². The summed E-state index contributed by atoms with van der Waals surface area (Å²) >= 11 is 11.9. The third-order valence-corrected chi connectivity index (χ3v) is 3.61. The van der Waals surface area contributed by atoms with Crippen molar-refractivity contribution < 1.29 is 4.74 Å². The topological polar surface area (TPSA) is 47.6 Å². The lowest BCUT2D eigenvalue weighted by Gasteiger charge is -2.14. The summed E-state index contributed by atoms with van der Waals surface area (Å²) in [5.74, 6) is 0.341. The molecule has 5 heteroatoms. The lowest BCUT2D eigenvalue weighted by Crippen LogP contribution is -2.11. The second-order valence-electron chi connectivity index (χ2n) is 4.24. The molecule has 1 aliphatic rings. The molecule has 1 unspecified atom stereocenters. The standard InChI is InChI=1S/C12H14Cl2N2O/c1-7(4-9-6-17-12(15)16-9)8-2-3-10(13)11(14)5-8/h2-3,5,7,9H,4,6H2,1H3,(H2,15,16)/t7?,9-/m0/s1. The van der Waals surface area contributed by atoms with E-state index in [0.29, 0.717) is 22.6 Å². The van der Waals surface area contributed by atoms with Crippen molar-refractivity contribution in [3.8, 4) is 0 Å². The van der Waals surface area contributed by atoms with Crippen molar-refractivity contribution in [2.24, 2.45) is 10.7 Å². The Hall–Kier alpha value is -0.930. The number of halogens is 2. The molecule has 0 radical (unpaired) electrons. The van der Waals surface area contributed by atoms with Crippen LogP contribution in [0.2, 0.25) is 10.0 Å². The summed E-state index contributed by atoms with van der Waals surface area (Å²) in [5.41, 5.74) is 6.63. The van der Waals surface area contributed by atoms with Crippen molar-refractivity contribution in [1.82, 2.24) is 0 Å². The fraction of sp³-hybridized carbons (Fsp3) is 0.417. The van der Waals surface area contributed by atoms with Crippen molar-refractivity contribution in [3.05, 3.63) is 33.8 Å². The molecule has 3 nitrogen and oxygen atoms in total. The van der Waals surface area contributed by atoms with Crippen molar-refractivity contribution in [2.75, 3.05) is 6.61 Å². The molecule has 0 aliphatic carbocycles. The highest BCUT2D eigenvalue weighted by atomic mass is 35.5. The van der Waals surface area contributed by atoms with Crippen LogP contribution in [-0.4, -0.2) is 18.7 Å². The maximum absolute atomic E-state index is 5.99. The summed E-state index contributed by atoms with van der Waals surface area (Å²) in [7, 11) is 0. The molecule has 1 heterocycles. The van der Waals surface area contributed by atoms with Gasteiger partial charge in [-0.05, 0) is 30.0 Å². The molecule has 2 atom stereocenters. The highest BCUT2D eigenvalue weighted by molar-refractivity contribution is 6.42. The monoisotopic (exact) mass is 272 g/mol. The van der Waals surface area contributed by atoms with Crippen LogP contribution in [-0.2, 0) is 4.74 Å². The van der Waals surface area contributed by atoms with Gasteiger partial charge in [0.25, 0.3) is 6.02 Å². The molecule has 2 rings (SSSR count). The van der Waals surface area contributed by atoms with Crippen molar-refractivity contribution >= 4 is 29.2 Å². The van der Waals surface area contributed by atoms with E-state index in [2.05, 4.69) is 11.9 Å². The molecule has 0 saturated carbocycles. The fourth-order valence-corrected chi connectivity index (χ4v) is 2.23. The Bertz CT molecular complexity index is 448. The minimum Gasteiger partial charge on any atom is -0.463 e. The highest BCUT2D eigenvalue weighted by Crippen LogP contribution is 2.29. The molecular weight excluding hydrogens is 259 g/mol. The molecule has 17 heavy (non-hydrogen) atoms. The number of benzene rings is 1. The van der Waals surface area contributed by atoms with Crippen LogP contribution in [0.15, 0.2) is 23.2 Å². The molecule has 92 valence electrons. The SMILES string of the molecule is CC(C[C@H]1COC(N)=N1)c1ccc(Cl)c(Cl)c1. The van der Waals surface area contributed by atoms with Crippen molar-refractivity contribution in [1.29, 1.82) is 0 Å². The van der Waals surface area contributed by atoms with E-state index in [-0.39, 0.29) is 12.1 Å². The van der Waals surface area contributed by atoms with Crippen LogP contribution in [0.1, 0.15) is 24.8 Å². The van der Waals surface area contributed by atoms with Gasteiger partial charge >= 0.3 is 0 Å². The van der Waals surface area contributed by atoms with E-state index in [4.69, 9.17) is 33.7 Å². The summed E-state index contributed by atoms with van der Waals surface area (Å²) in [6.45, 7) is 2.70. The van der Waals surface area contributed by atoms with Crippen LogP contribution >= 0.6 is 23.2 Å². The van der Waals surface area contributed by atoms with E-state index >= 15 is 0 Å². The summed E-state index contributed by atoms with van der Waals surface area (Å²) in [5, 5.41) is 1.16. The van der Waals surface area contributed by atoms with E-state index < -0.39 is 0 Å². The fourth-order valence-electron chi connectivity index (χ4n) is 1.92. The molecule has 1 aromatic rings. The Morgan fingerprint density at radius 1 is 1.47 bits per heavy atom. The van der Waals surface area contributed by atoms with Gasteiger partial charge < -0.3 is 10.5 Å². The lowest BCUT2D eigenvalue weighted by molar-refractivity contribution is 0.303. The van der Waals surface area contributed by atoms with E-state index in [9.17, 15) is 0 Å². The first-order valence-corrected chi connectivity index (χ1v) is 6.23. The number of ether oxygens (including phenoxy) is 1. The van der Waals surface area contributed by atoms with E-state index in [0.717, 1.165) is 12.0 Å². The number of amidine groups is 1.